The number of carbonyl (C=O) groups is 1. The minimum atomic E-state index is -0.555. The van der Waals surface area contributed by atoms with E-state index >= 15 is 0 Å². The molecule has 0 spiro atoms. The van der Waals surface area contributed by atoms with Crippen molar-refractivity contribution in [1.82, 2.24) is 4.57 Å². The number of amides is 2. The number of urea groups is 1. The van der Waals surface area contributed by atoms with Gasteiger partial charge in [-0.2, -0.15) is 0 Å². The molecule has 0 unspecified atom stereocenters. The number of hydrogen-bond donors (Lipinski definition) is 3. The summed E-state index contributed by atoms with van der Waals surface area (Å²) in [5.74, 6) is 0. The van der Waals surface area contributed by atoms with Crippen LogP contribution in [-0.2, 0) is 13.5 Å². The van der Waals surface area contributed by atoms with Gasteiger partial charge in [0.15, 0.2) is 0 Å². The van der Waals surface area contributed by atoms with Gasteiger partial charge in [-0.3, -0.25) is 0 Å². The molecular formula is C12H16N4O. The maximum atomic E-state index is 10.8. The van der Waals surface area contributed by atoms with Crippen LogP contribution in [0.3, 0.4) is 0 Å². The summed E-state index contributed by atoms with van der Waals surface area (Å²) in [5, 5.41) is 3.67. The van der Waals surface area contributed by atoms with E-state index in [1.54, 1.807) is 0 Å². The highest BCUT2D eigenvalue weighted by Crippen LogP contribution is 2.24. The molecule has 0 aliphatic rings. The van der Waals surface area contributed by atoms with Crippen molar-refractivity contribution in [1.29, 1.82) is 0 Å². The minimum absolute atomic E-state index is 0.555. The van der Waals surface area contributed by atoms with Gasteiger partial charge in [0, 0.05) is 29.8 Å². The van der Waals surface area contributed by atoms with Gasteiger partial charge in [-0.1, -0.05) is 0 Å². The summed E-state index contributed by atoms with van der Waals surface area (Å²) >= 11 is 0. The number of anilines is 1. The van der Waals surface area contributed by atoms with Crippen molar-refractivity contribution >= 4 is 22.6 Å². The zero-order chi connectivity index (χ0) is 12.4. The number of nitrogens with zero attached hydrogens (tertiary/aromatic N) is 1. The van der Waals surface area contributed by atoms with Gasteiger partial charge >= 0.3 is 6.03 Å². The number of hydrogen-bond acceptors (Lipinski definition) is 2. The summed E-state index contributed by atoms with van der Waals surface area (Å²) in [6, 6.07) is 5.16. The van der Waals surface area contributed by atoms with Crippen molar-refractivity contribution < 1.29 is 4.79 Å². The molecule has 0 bridgehead atoms. The third-order valence-electron chi connectivity index (χ3n) is 2.75. The van der Waals surface area contributed by atoms with E-state index in [2.05, 4.69) is 11.5 Å². The van der Waals surface area contributed by atoms with Crippen LogP contribution in [0.25, 0.3) is 10.9 Å². The van der Waals surface area contributed by atoms with Gasteiger partial charge in [-0.25, -0.2) is 4.79 Å². The number of aromatic nitrogens is 1. The van der Waals surface area contributed by atoms with Crippen molar-refractivity contribution in [2.45, 2.75) is 6.42 Å². The van der Waals surface area contributed by atoms with Crippen molar-refractivity contribution in [2.24, 2.45) is 18.5 Å². The number of nitrogens with two attached hydrogens (primary N) is 2. The second-order valence-electron chi connectivity index (χ2n) is 4.03. The largest absolute Gasteiger partial charge is 0.351 e. The topological polar surface area (TPSA) is 86.1 Å². The molecule has 2 aromatic rings. The zero-order valence-electron chi connectivity index (χ0n) is 9.73. The number of nitrogens with one attached hydrogen (secondary N) is 1. The van der Waals surface area contributed by atoms with Gasteiger partial charge in [0.1, 0.15) is 0 Å². The summed E-state index contributed by atoms with van der Waals surface area (Å²) in [6.45, 7) is 0.604. The van der Waals surface area contributed by atoms with Crippen LogP contribution in [-0.4, -0.2) is 17.1 Å². The highest BCUT2D eigenvalue weighted by molar-refractivity contribution is 5.93. The Bertz CT molecular complexity index is 559. The third kappa shape index (κ3) is 2.24. The molecule has 17 heavy (non-hydrogen) atoms. The summed E-state index contributed by atoms with van der Waals surface area (Å²) < 4.78 is 2.05. The maximum absolute atomic E-state index is 10.8. The molecule has 1 aromatic carbocycles. The fourth-order valence-corrected chi connectivity index (χ4v) is 2.05. The molecule has 5 N–H and O–H groups in total. The molecule has 2 rings (SSSR count). The van der Waals surface area contributed by atoms with E-state index in [1.807, 2.05) is 29.8 Å². The first-order chi connectivity index (χ1) is 8.11. The van der Waals surface area contributed by atoms with Crippen molar-refractivity contribution in [2.75, 3.05) is 11.9 Å². The molecule has 90 valence electrons. The smallest absolute Gasteiger partial charge is 0.316 e. The standard InChI is InChI=1S/C12H16N4O/c1-16-7-8(4-5-13)10-6-9(15-12(14)17)2-3-11(10)16/h2-3,6-7H,4-5,13H2,1H3,(H3,14,15,17). The van der Waals surface area contributed by atoms with Crippen LogP contribution in [0, 0.1) is 0 Å². The van der Waals surface area contributed by atoms with Gasteiger partial charge in [-0.15, -0.1) is 0 Å². The molecule has 0 radical (unpaired) electrons. The molecule has 0 saturated carbocycles. The lowest BCUT2D eigenvalue weighted by atomic mass is 10.1. The van der Waals surface area contributed by atoms with Gasteiger partial charge in [0.05, 0.1) is 0 Å². The van der Waals surface area contributed by atoms with Crippen LogP contribution < -0.4 is 16.8 Å². The molecule has 0 saturated heterocycles. The Kier molecular flexibility index (Phi) is 3.01. The van der Waals surface area contributed by atoms with Gasteiger partial charge in [0.25, 0.3) is 0 Å². The minimum Gasteiger partial charge on any atom is -0.351 e. The summed E-state index contributed by atoms with van der Waals surface area (Å²) in [5.41, 5.74) is 13.7. The molecule has 0 atom stereocenters. The summed E-state index contributed by atoms with van der Waals surface area (Å²) in [7, 11) is 1.99. The molecule has 0 aliphatic heterocycles. The molecule has 2 amide bonds. The monoisotopic (exact) mass is 232 g/mol. The van der Waals surface area contributed by atoms with Crippen molar-refractivity contribution in [3.63, 3.8) is 0 Å². The molecule has 0 fully saturated rings. The van der Waals surface area contributed by atoms with E-state index in [0.29, 0.717) is 12.2 Å². The van der Waals surface area contributed by atoms with E-state index < -0.39 is 6.03 Å². The predicted molar refractivity (Wildman–Crippen MR) is 68.9 cm³/mol. The molecule has 1 aromatic heterocycles. The van der Waals surface area contributed by atoms with Crippen LogP contribution in [0.5, 0.6) is 0 Å². The van der Waals surface area contributed by atoms with Crippen molar-refractivity contribution in [3.8, 4) is 0 Å². The molecule has 0 aliphatic carbocycles. The number of benzene rings is 1. The second-order valence-corrected chi connectivity index (χ2v) is 4.03. The Labute approximate surface area is 99.4 Å². The van der Waals surface area contributed by atoms with Gasteiger partial charge < -0.3 is 21.4 Å². The number of aryl methyl sites for hydroxylation is 1. The average molecular weight is 232 g/mol. The van der Waals surface area contributed by atoms with E-state index in [0.717, 1.165) is 17.3 Å². The first kappa shape index (κ1) is 11.5. The number of carbonyl (C=O) groups excluding carboxylic acids is 1. The average Bonchev–Trinajstić information content (AvgIpc) is 2.55. The van der Waals surface area contributed by atoms with E-state index in [1.165, 1.54) is 5.56 Å². The zero-order valence-corrected chi connectivity index (χ0v) is 9.73. The van der Waals surface area contributed by atoms with E-state index in [-0.39, 0.29) is 0 Å². The lowest BCUT2D eigenvalue weighted by Gasteiger charge is -2.03. The number of fused-ring (bicyclic) bond motifs is 1. The highest BCUT2D eigenvalue weighted by Gasteiger charge is 2.07. The van der Waals surface area contributed by atoms with Crippen LogP contribution in [0.15, 0.2) is 24.4 Å². The number of rotatable bonds is 3. The van der Waals surface area contributed by atoms with E-state index in [4.69, 9.17) is 11.5 Å². The molecule has 5 nitrogen and oxygen atoms in total. The lowest BCUT2D eigenvalue weighted by molar-refractivity contribution is 0.259. The predicted octanol–water partition coefficient (Wildman–Crippen LogP) is 1.17. The Morgan fingerprint density at radius 3 is 2.88 bits per heavy atom. The van der Waals surface area contributed by atoms with Crippen molar-refractivity contribution in [3.05, 3.63) is 30.0 Å². The third-order valence-corrected chi connectivity index (χ3v) is 2.75. The molecular weight excluding hydrogens is 216 g/mol. The van der Waals surface area contributed by atoms with Crippen LogP contribution >= 0.6 is 0 Å². The first-order valence-electron chi connectivity index (χ1n) is 5.46. The lowest BCUT2D eigenvalue weighted by Crippen LogP contribution is -2.19. The second kappa shape index (κ2) is 4.47. The molecule has 5 heteroatoms. The highest BCUT2D eigenvalue weighted by atomic mass is 16.2. The quantitative estimate of drug-likeness (QED) is 0.742. The Balaban J connectivity index is 2.50. The maximum Gasteiger partial charge on any atom is 0.316 e. The Morgan fingerprint density at radius 2 is 2.24 bits per heavy atom. The van der Waals surface area contributed by atoms with Crippen LogP contribution in [0.2, 0.25) is 0 Å². The normalized spacial score (nSPS) is 10.7. The van der Waals surface area contributed by atoms with Gasteiger partial charge in [0.2, 0.25) is 0 Å². The fraction of sp³-hybridized carbons (Fsp3) is 0.250. The summed E-state index contributed by atoms with van der Waals surface area (Å²) in [6.07, 6.45) is 2.88. The first-order valence-corrected chi connectivity index (χ1v) is 5.46. The summed E-state index contributed by atoms with van der Waals surface area (Å²) in [4.78, 5) is 10.8. The van der Waals surface area contributed by atoms with Crippen LogP contribution in [0.1, 0.15) is 5.56 Å². The van der Waals surface area contributed by atoms with Gasteiger partial charge in [-0.05, 0) is 36.7 Å². The SMILES string of the molecule is Cn1cc(CCN)c2cc(NC(N)=O)ccc21. The number of primary amides is 1. The molecule has 1 heterocycles. The fourth-order valence-electron chi connectivity index (χ4n) is 2.05. The Hall–Kier alpha value is -2.01. The Morgan fingerprint density at radius 1 is 1.47 bits per heavy atom. The van der Waals surface area contributed by atoms with Crippen LogP contribution in [0.4, 0.5) is 10.5 Å². The van der Waals surface area contributed by atoms with E-state index in [9.17, 15) is 4.79 Å².